The van der Waals surface area contributed by atoms with E-state index in [0.29, 0.717) is 18.9 Å². The van der Waals surface area contributed by atoms with E-state index in [0.717, 1.165) is 24.3 Å². The van der Waals surface area contributed by atoms with Crippen LogP contribution < -0.4 is 0 Å². The predicted octanol–water partition coefficient (Wildman–Crippen LogP) is 3.24. The smallest absolute Gasteiger partial charge is 0.223 e. The number of fused-ring (bicyclic) bond motifs is 1. The second kappa shape index (κ2) is 5.88. The van der Waals surface area contributed by atoms with E-state index < -0.39 is 0 Å². The van der Waals surface area contributed by atoms with Gasteiger partial charge in [-0.15, -0.1) is 0 Å². The Balaban J connectivity index is 1.48. The lowest BCUT2D eigenvalue weighted by atomic mass is 9.89. The zero-order valence-electron chi connectivity index (χ0n) is 12.9. The number of nitrogens with zero attached hydrogens (tertiary/aromatic N) is 3. The summed E-state index contributed by atoms with van der Waals surface area (Å²) >= 11 is 0. The Kier molecular flexibility index (Phi) is 3.58. The van der Waals surface area contributed by atoms with Crippen molar-refractivity contribution in [3.8, 4) is 0 Å². The zero-order valence-corrected chi connectivity index (χ0v) is 12.9. The maximum Gasteiger partial charge on any atom is 0.223 e. The maximum absolute atomic E-state index is 12.5. The summed E-state index contributed by atoms with van der Waals surface area (Å²) in [5.74, 6) is 0.582. The average Bonchev–Trinajstić information content (AvgIpc) is 3.01. The molecular weight excluding hydrogens is 286 g/mol. The molecule has 0 N–H and O–H groups in total. The molecule has 3 aromatic rings. The summed E-state index contributed by atoms with van der Waals surface area (Å²) in [7, 11) is 0. The number of aromatic nitrogens is 2. The quantitative estimate of drug-likeness (QED) is 0.745. The molecule has 1 atom stereocenters. The van der Waals surface area contributed by atoms with Crippen LogP contribution in [0.1, 0.15) is 30.0 Å². The Labute approximate surface area is 135 Å². The average molecular weight is 305 g/mol. The van der Waals surface area contributed by atoms with E-state index in [2.05, 4.69) is 21.5 Å². The van der Waals surface area contributed by atoms with Gasteiger partial charge in [-0.25, -0.2) is 4.98 Å². The van der Waals surface area contributed by atoms with Gasteiger partial charge in [-0.1, -0.05) is 36.4 Å². The standard InChI is InChI=1S/C19H19N3O/c23-19-12-16(15-6-2-1-3-7-15)9-11-21(19)14-17-13-20-18-8-4-5-10-22(17)18/h1-8,10,13,16H,9,11-12,14H2. The number of pyridine rings is 1. The van der Waals surface area contributed by atoms with E-state index in [9.17, 15) is 4.79 Å². The summed E-state index contributed by atoms with van der Waals surface area (Å²) in [6.45, 7) is 1.43. The molecule has 1 aliphatic rings. The molecule has 3 heterocycles. The summed E-state index contributed by atoms with van der Waals surface area (Å²) in [6, 6.07) is 16.3. The monoisotopic (exact) mass is 305 g/mol. The Morgan fingerprint density at radius 2 is 1.91 bits per heavy atom. The highest BCUT2D eigenvalue weighted by Crippen LogP contribution is 2.29. The van der Waals surface area contributed by atoms with Crippen LogP contribution in [-0.4, -0.2) is 26.7 Å². The lowest BCUT2D eigenvalue weighted by molar-refractivity contribution is -0.134. The van der Waals surface area contributed by atoms with Crippen molar-refractivity contribution in [1.82, 2.24) is 14.3 Å². The molecule has 0 spiro atoms. The summed E-state index contributed by atoms with van der Waals surface area (Å²) in [4.78, 5) is 18.9. The second-order valence-electron chi connectivity index (χ2n) is 6.09. The van der Waals surface area contributed by atoms with Crippen molar-refractivity contribution in [2.45, 2.75) is 25.3 Å². The first kappa shape index (κ1) is 14.0. The Bertz CT molecular complexity index is 825. The van der Waals surface area contributed by atoms with Gasteiger partial charge in [-0.3, -0.25) is 4.79 Å². The highest BCUT2D eigenvalue weighted by molar-refractivity contribution is 5.78. The second-order valence-corrected chi connectivity index (χ2v) is 6.09. The molecule has 2 aromatic heterocycles. The van der Waals surface area contributed by atoms with Gasteiger partial charge in [-0.2, -0.15) is 0 Å². The first-order chi connectivity index (χ1) is 11.3. The molecule has 0 radical (unpaired) electrons. The molecule has 0 aliphatic carbocycles. The Hall–Kier alpha value is -2.62. The first-order valence-corrected chi connectivity index (χ1v) is 8.05. The minimum Gasteiger partial charge on any atom is -0.337 e. The molecule has 1 amide bonds. The van der Waals surface area contributed by atoms with Crippen molar-refractivity contribution < 1.29 is 4.79 Å². The van der Waals surface area contributed by atoms with E-state index in [1.54, 1.807) is 0 Å². The van der Waals surface area contributed by atoms with E-state index in [4.69, 9.17) is 0 Å². The third kappa shape index (κ3) is 2.72. The molecule has 1 aliphatic heterocycles. The Morgan fingerprint density at radius 3 is 2.74 bits per heavy atom. The van der Waals surface area contributed by atoms with Crippen LogP contribution in [0.3, 0.4) is 0 Å². The summed E-state index contributed by atoms with van der Waals surface area (Å²) < 4.78 is 2.05. The topological polar surface area (TPSA) is 37.6 Å². The number of carbonyl (C=O) groups is 1. The summed E-state index contributed by atoms with van der Waals surface area (Å²) in [5.41, 5.74) is 3.26. The molecule has 1 fully saturated rings. The van der Waals surface area contributed by atoms with E-state index in [-0.39, 0.29) is 5.91 Å². The van der Waals surface area contributed by atoms with Crippen LogP contribution in [0.5, 0.6) is 0 Å². The van der Waals surface area contributed by atoms with E-state index in [1.165, 1.54) is 5.56 Å². The highest BCUT2D eigenvalue weighted by Gasteiger charge is 2.27. The lowest BCUT2D eigenvalue weighted by Crippen LogP contribution is -2.37. The van der Waals surface area contributed by atoms with Gasteiger partial charge in [0, 0.05) is 19.2 Å². The molecule has 4 heteroatoms. The molecule has 1 unspecified atom stereocenters. The number of imidazole rings is 1. The number of benzene rings is 1. The minimum absolute atomic E-state index is 0.232. The van der Waals surface area contributed by atoms with Crippen molar-refractivity contribution in [2.75, 3.05) is 6.54 Å². The van der Waals surface area contributed by atoms with Crippen LogP contribution in [0.2, 0.25) is 0 Å². The third-order valence-corrected chi connectivity index (χ3v) is 4.64. The SMILES string of the molecule is O=C1CC(c2ccccc2)CCN1Cc1cnc2ccccn12. The fourth-order valence-corrected chi connectivity index (χ4v) is 3.35. The van der Waals surface area contributed by atoms with Gasteiger partial charge in [0.05, 0.1) is 18.4 Å². The highest BCUT2D eigenvalue weighted by atomic mass is 16.2. The van der Waals surface area contributed by atoms with Gasteiger partial charge in [-0.05, 0) is 30.0 Å². The first-order valence-electron chi connectivity index (χ1n) is 8.05. The van der Waals surface area contributed by atoms with Crippen LogP contribution in [0.15, 0.2) is 60.9 Å². The van der Waals surface area contributed by atoms with Crippen molar-refractivity contribution in [1.29, 1.82) is 0 Å². The van der Waals surface area contributed by atoms with Crippen LogP contribution in [0, 0.1) is 0 Å². The van der Waals surface area contributed by atoms with Crippen molar-refractivity contribution in [3.05, 3.63) is 72.2 Å². The fraction of sp³-hybridized carbons (Fsp3) is 0.263. The minimum atomic E-state index is 0.232. The molecule has 0 saturated carbocycles. The number of hydrogen-bond donors (Lipinski definition) is 0. The van der Waals surface area contributed by atoms with Gasteiger partial charge in [0.1, 0.15) is 5.65 Å². The molecule has 4 rings (SSSR count). The number of piperidine rings is 1. The Morgan fingerprint density at radius 1 is 1.09 bits per heavy atom. The van der Waals surface area contributed by atoms with Gasteiger partial charge < -0.3 is 9.30 Å². The number of hydrogen-bond acceptors (Lipinski definition) is 2. The lowest BCUT2D eigenvalue weighted by Gasteiger charge is -2.31. The number of rotatable bonds is 3. The molecule has 116 valence electrons. The van der Waals surface area contributed by atoms with Crippen molar-refractivity contribution >= 4 is 11.6 Å². The fourth-order valence-electron chi connectivity index (χ4n) is 3.35. The molecule has 4 nitrogen and oxygen atoms in total. The molecule has 1 aromatic carbocycles. The van der Waals surface area contributed by atoms with Gasteiger partial charge in [0.2, 0.25) is 5.91 Å². The number of likely N-dealkylation sites (tertiary alicyclic amines) is 1. The number of carbonyl (C=O) groups excluding carboxylic acids is 1. The van der Waals surface area contributed by atoms with Gasteiger partial charge in [0.25, 0.3) is 0 Å². The van der Waals surface area contributed by atoms with Gasteiger partial charge in [0.15, 0.2) is 0 Å². The van der Waals surface area contributed by atoms with Gasteiger partial charge >= 0.3 is 0 Å². The van der Waals surface area contributed by atoms with Crippen LogP contribution >= 0.6 is 0 Å². The summed E-state index contributed by atoms with van der Waals surface area (Å²) in [5, 5.41) is 0. The number of amides is 1. The van der Waals surface area contributed by atoms with Crippen molar-refractivity contribution in [3.63, 3.8) is 0 Å². The molecule has 23 heavy (non-hydrogen) atoms. The van der Waals surface area contributed by atoms with Crippen molar-refractivity contribution in [2.24, 2.45) is 0 Å². The largest absolute Gasteiger partial charge is 0.337 e. The molecule has 0 bridgehead atoms. The van der Waals surface area contributed by atoms with Crippen LogP contribution in [0.4, 0.5) is 0 Å². The van der Waals surface area contributed by atoms with E-state index >= 15 is 0 Å². The van der Waals surface area contributed by atoms with Crippen LogP contribution in [-0.2, 0) is 11.3 Å². The third-order valence-electron chi connectivity index (χ3n) is 4.64. The molecule has 1 saturated heterocycles. The zero-order chi connectivity index (χ0) is 15.6. The van der Waals surface area contributed by atoms with E-state index in [1.807, 2.05) is 53.7 Å². The molecular formula is C19H19N3O. The normalized spacial score (nSPS) is 18.5. The summed E-state index contributed by atoms with van der Waals surface area (Å²) in [6.07, 6.45) is 5.48. The predicted molar refractivity (Wildman–Crippen MR) is 89.0 cm³/mol. The van der Waals surface area contributed by atoms with Crippen LogP contribution in [0.25, 0.3) is 5.65 Å². The maximum atomic E-state index is 12.5.